The zero-order valence-corrected chi connectivity index (χ0v) is 14.4. The third kappa shape index (κ3) is 3.82. The molecule has 0 bridgehead atoms. The van der Waals surface area contributed by atoms with Crippen molar-refractivity contribution in [3.05, 3.63) is 34.0 Å². The molecule has 2 aliphatic rings. The fraction of sp³-hybridized carbons (Fsp3) is 0.647. The fourth-order valence-electron chi connectivity index (χ4n) is 3.85. The number of hydrogen-bond acceptors (Lipinski definition) is 5. The molecule has 0 unspecified atom stereocenters. The summed E-state index contributed by atoms with van der Waals surface area (Å²) in [5, 5.41) is 9.40. The average molecular weight is 331 g/mol. The molecule has 4 heterocycles. The highest BCUT2D eigenvalue weighted by Gasteiger charge is 2.23. The minimum absolute atomic E-state index is 0.510. The second-order valence-electron chi connectivity index (χ2n) is 6.85. The van der Waals surface area contributed by atoms with Gasteiger partial charge in [0.05, 0.1) is 0 Å². The molecule has 23 heavy (non-hydrogen) atoms. The van der Waals surface area contributed by atoms with Gasteiger partial charge in [-0.15, -0.1) is 11.3 Å². The zero-order chi connectivity index (χ0) is 15.5. The maximum Gasteiger partial charge on any atom is 0.137 e. The van der Waals surface area contributed by atoms with Crippen LogP contribution in [0.3, 0.4) is 0 Å². The Bertz CT molecular complexity index is 602. The van der Waals surface area contributed by atoms with E-state index >= 15 is 0 Å². The Labute approximate surface area is 141 Å². The van der Waals surface area contributed by atoms with Crippen LogP contribution >= 0.6 is 11.3 Å². The van der Waals surface area contributed by atoms with Crippen molar-refractivity contribution in [1.82, 2.24) is 25.0 Å². The Kier molecular flexibility index (Phi) is 4.73. The molecule has 0 aromatic carbocycles. The van der Waals surface area contributed by atoms with E-state index < -0.39 is 0 Å². The summed E-state index contributed by atoms with van der Waals surface area (Å²) in [4.78, 5) is 11.0. The van der Waals surface area contributed by atoms with Crippen molar-refractivity contribution in [2.45, 2.75) is 44.7 Å². The Balaban J connectivity index is 1.33. The number of H-pyrrole nitrogens is 1. The molecule has 1 atom stereocenters. The molecule has 2 aliphatic heterocycles. The van der Waals surface area contributed by atoms with Crippen LogP contribution in [-0.4, -0.2) is 51.2 Å². The van der Waals surface area contributed by atoms with Gasteiger partial charge in [0.2, 0.25) is 0 Å². The molecular weight excluding hydrogens is 306 g/mol. The van der Waals surface area contributed by atoms with Gasteiger partial charge in [0.1, 0.15) is 12.2 Å². The Hall–Kier alpha value is -1.24. The number of hydrogen-bond donors (Lipinski definition) is 1. The predicted octanol–water partition coefficient (Wildman–Crippen LogP) is 2.84. The van der Waals surface area contributed by atoms with Crippen LogP contribution in [0.5, 0.6) is 0 Å². The standard InChI is InChI=1S/C17H25N5S/c1-2-6-21(5-1)9-14-8-16(23-12-14)11-22-7-3-4-15(10-22)17-18-13-19-20-17/h8,12-13,15H,1-7,9-11H2,(H,18,19,20)/t15-/m1/s1. The van der Waals surface area contributed by atoms with Gasteiger partial charge >= 0.3 is 0 Å². The van der Waals surface area contributed by atoms with E-state index in [1.807, 2.05) is 11.3 Å². The smallest absolute Gasteiger partial charge is 0.137 e. The van der Waals surface area contributed by atoms with E-state index in [9.17, 15) is 0 Å². The number of nitrogens with one attached hydrogen (secondary N) is 1. The van der Waals surface area contributed by atoms with Crippen LogP contribution in [0, 0.1) is 0 Å². The van der Waals surface area contributed by atoms with Crippen molar-refractivity contribution in [3.63, 3.8) is 0 Å². The first kappa shape index (κ1) is 15.3. The number of nitrogens with zero attached hydrogens (tertiary/aromatic N) is 4. The summed E-state index contributed by atoms with van der Waals surface area (Å²) in [7, 11) is 0. The largest absolute Gasteiger partial charge is 0.299 e. The van der Waals surface area contributed by atoms with Gasteiger partial charge in [0, 0.05) is 30.4 Å². The SMILES string of the molecule is c1n[nH]c([C@@H]2CCCN(Cc3cc(CN4CCCC4)cs3)C2)n1. The van der Waals surface area contributed by atoms with Crippen LogP contribution in [0.1, 0.15) is 47.9 Å². The van der Waals surface area contributed by atoms with Gasteiger partial charge in [-0.2, -0.15) is 5.10 Å². The lowest BCUT2D eigenvalue weighted by Crippen LogP contribution is -2.34. The molecule has 2 fully saturated rings. The molecule has 0 radical (unpaired) electrons. The predicted molar refractivity (Wildman–Crippen MR) is 92.5 cm³/mol. The number of piperidine rings is 1. The van der Waals surface area contributed by atoms with Gasteiger partial charge in [-0.1, -0.05) is 0 Å². The van der Waals surface area contributed by atoms with E-state index in [4.69, 9.17) is 0 Å². The van der Waals surface area contributed by atoms with Gasteiger partial charge in [-0.25, -0.2) is 4.98 Å². The van der Waals surface area contributed by atoms with E-state index in [-0.39, 0.29) is 0 Å². The van der Waals surface area contributed by atoms with Gasteiger partial charge < -0.3 is 0 Å². The second kappa shape index (κ2) is 7.11. The molecule has 2 saturated heterocycles. The summed E-state index contributed by atoms with van der Waals surface area (Å²) in [5.41, 5.74) is 1.50. The maximum absolute atomic E-state index is 4.35. The van der Waals surface area contributed by atoms with Crippen LogP contribution < -0.4 is 0 Å². The maximum atomic E-state index is 4.35. The summed E-state index contributed by atoms with van der Waals surface area (Å²) >= 11 is 1.92. The Morgan fingerprint density at radius 2 is 2.00 bits per heavy atom. The van der Waals surface area contributed by atoms with E-state index in [2.05, 4.69) is 36.4 Å². The van der Waals surface area contributed by atoms with E-state index in [0.717, 1.165) is 25.5 Å². The normalized spacial score (nSPS) is 23.6. The molecule has 0 amide bonds. The van der Waals surface area contributed by atoms with E-state index in [1.54, 1.807) is 6.33 Å². The minimum Gasteiger partial charge on any atom is -0.299 e. The molecule has 124 valence electrons. The summed E-state index contributed by atoms with van der Waals surface area (Å²) in [5.74, 6) is 1.56. The molecule has 2 aromatic heterocycles. The minimum atomic E-state index is 0.510. The third-order valence-corrected chi connectivity index (χ3v) is 5.99. The van der Waals surface area contributed by atoms with E-state index in [0.29, 0.717) is 5.92 Å². The number of aromatic amines is 1. The van der Waals surface area contributed by atoms with Crippen molar-refractivity contribution in [3.8, 4) is 0 Å². The van der Waals surface area contributed by atoms with Crippen molar-refractivity contribution >= 4 is 11.3 Å². The van der Waals surface area contributed by atoms with Crippen LogP contribution in [0.4, 0.5) is 0 Å². The lowest BCUT2D eigenvalue weighted by molar-refractivity contribution is 0.198. The molecule has 1 N–H and O–H groups in total. The highest BCUT2D eigenvalue weighted by Crippen LogP contribution is 2.27. The second-order valence-corrected chi connectivity index (χ2v) is 7.85. The van der Waals surface area contributed by atoms with Crippen LogP contribution in [0.25, 0.3) is 0 Å². The lowest BCUT2D eigenvalue weighted by atomic mass is 9.97. The summed E-state index contributed by atoms with van der Waals surface area (Å²) in [6.45, 7) is 7.05. The first-order valence-corrected chi connectivity index (χ1v) is 9.61. The van der Waals surface area contributed by atoms with Crippen LogP contribution in [-0.2, 0) is 13.1 Å². The Morgan fingerprint density at radius 3 is 2.83 bits per heavy atom. The zero-order valence-electron chi connectivity index (χ0n) is 13.6. The summed E-state index contributed by atoms with van der Waals surface area (Å²) in [6.07, 6.45) is 6.83. The summed E-state index contributed by atoms with van der Waals surface area (Å²) < 4.78 is 0. The average Bonchev–Trinajstić information content (AvgIpc) is 3.30. The van der Waals surface area contributed by atoms with Crippen LogP contribution in [0.15, 0.2) is 17.8 Å². The number of aromatic nitrogens is 3. The lowest BCUT2D eigenvalue weighted by Gasteiger charge is -2.31. The monoisotopic (exact) mass is 331 g/mol. The first-order valence-electron chi connectivity index (χ1n) is 8.73. The fourth-order valence-corrected chi connectivity index (χ4v) is 4.77. The number of thiophene rings is 1. The van der Waals surface area contributed by atoms with Crippen molar-refractivity contribution < 1.29 is 0 Å². The van der Waals surface area contributed by atoms with Gasteiger partial charge in [0.25, 0.3) is 0 Å². The van der Waals surface area contributed by atoms with Crippen molar-refractivity contribution in [1.29, 1.82) is 0 Å². The molecule has 0 aliphatic carbocycles. The molecule has 6 heteroatoms. The molecule has 2 aromatic rings. The van der Waals surface area contributed by atoms with Gasteiger partial charge in [0.15, 0.2) is 0 Å². The molecule has 0 saturated carbocycles. The Morgan fingerprint density at radius 1 is 1.13 bits per heavy atom. The number of rotatable bonds is 5. The van der Waals surface area contributed by atoms with Gasteiger partial charge in [-0.05, 0) is 62.3 Å². The third-order valence-electron chi connectivity index (χ3n) is 5.02. The van der Waals surface area contributed by atoms with Gasteiger partial charge in [-0.3, -0.25) is 14.9 Å². The summed E-state index contributed by atoms with van der Waals surface area (Å²) in [6, 6.07) is 2.42. The van der Waals surface area contributed by atoms with E-state index in [1.165, 1.54) is 55.8 Å². The highest BCUT2D eigenvalue weighted by molar-refractivity contribution is 7.10. The van der Waals surface area contributed by atoms with Crippen molar-refractivity contribution in [2.75, 3.05) is 26.2 Å². The molecular formula is C17H25N5S. The number of likely N-dealkylation sites (tertiary alicyclic amines) is 2. The van der Waals surface area contributed by atoms with Crippen LogP contribution in [0.2, 0.25) is 0 Å². The molecule has 0 spiro atoms. The molecule has 4 rings (SSSR count). The first-order chi connectivity index (χ1) is 11.4. The topological polar surface area (TPSA) is 48.1 Å². The highest BCUT2D eigenvalue weighted by atomic mass is 32.1. The van der Waals surface area contributed by atoms with Crippen molar-refractivity contribution in [2.24, 2.45) is 0 Å². The molecule has 5 nitrogen and oxygen atoms in total. The quantitative estimate of drug-likeness (QED) is 0.915.